The monoisotopic (exact) mass is 198 g/mol. The standard InChI is InChI=1S/C10H18N2S/c1-4-10(8-11,12(2)3)9-6-5-7-13-9/h5-7H,4,8,11H2,1-3H3. The SMILES string of the molecule is CCC(CN)(c1cccs1)N(C)C. The molecule has 1 atom stereocenters. The van der Waals surface area contributed by atoms with Gasteiger partial charge in [0.1, 0.15) is 0 Å². The predicted octanol–water partition coefficient (Wildman–Crippen LogP) is 1.87. The zero-order valence-electron chi connectivity index (χ0n) is 8.58. The van der Waals surface area contributed by atoms with Gasteiger partial charge >= 0.3 is 0 Å². The third-order valence-electron chi connectivity index (χ3n) is 2.76. The van der Waals surface area contributed by atoms with Gasteiger partial charge in [-0.1, -0.05) is 13.0 Å². The molecule has 0 saturated heterocycles. The maximum absolute atomic E-state index is 5.88. The van der Waals surface area contributed by atoms with Gasteiger partial charge in [-0.3, -0.25) is 4.90 Å². The fourth-order valence-electron chi connectivity index (χ4n) is 1.68. The Kier molecular flexibility index (Phi) is 3.47. The van der Waals surface area contributed by atoms with Crippen LogP contribution in [0.25, 0.3) is 0 Å². The van der Waals surface area contributed by atoms with E-state index in [4.69, 9.17) is 5.73 Å². The first-order chi connectivity index (χ1) is 6.17. The molecule has 1 heterocycles. The summed E-state index contributed by atoms with van der Waals surface area (Å²) < 4.78 is 0. The van der Waals surface area contributed by atoms with Gasteiger partial charge in [-0.05, 0) is 32.0 Å². The van der Waals surface area contributed by atoms with Crippen molar-refractivity contribution in [1.82, 2.24) is 4.90 Å². The largest absolute Gasteiger partial charge is 0.328 e. The first-order valence-electron chi connectivity index (χ1n) is 4.59. The van der Waals surface area contributed by atoms with Crippen LogP contribution in [0.3, 0.4) is 0 Å². The molecule has 1 rings (SSSR count). The normalized spacial score (nSPS) is 16.1. The fraction of sp³-hybridized carbons (Fsp3) is 0.600. The highest BCUT2D eigenvalue weighted by Gasteiger charge is 2.31. The van der Waals surface area contributed by atoms with E-state index < -0.39 is 0 Å². The number of hydrogen-bond acceptors (Lipinski definition) is 3. The molecule has 0 aliphatic heterocycles. The van der Waals surface area contributed by atoms with Crippen molar-refractivity contribution >= 4 is 11.3 Å². The van der Waals surface area contributed by atoms with E-state index in [1.807, 2.05) is 0 Å². The number of nitrogens with zero attached hydrogens (tertiary/aromatic N) is 1. The second-order valence-corrected chi connectivity index (χ2v) is 4.41. The lowest BCUT2D eigenvalue weighted by molar-refractivity contribution is 0.158. The van der Waals surface area contributed by atoms with E-state index in [9.17, 15) is 0 Å². The molecule has 0 spiro atoms. The van der Waals surface area contributed by atoms with Gasteiger partial charge in [0.05, 0.1) is 5.54 Å². The van der Waals surface area contributed by atoms with Crippen molar-refractivity contribution < 1.29 is 0 Å². The Balaban J connectivity index is 3.03. The second kappa shape index (κ2) is 4.22. The molecule has 1 aromatic rings. The molecule has 1 unspecified atom stereocenters. The van der Waals surface area contributed by atoms with Crippen molar-refractivity contribution in [2.75, 3.05) is 20.6 Å². The molecule has 0 saturated carbocycles. The van der Waals surface area contributed by atoms with Crippen LogP contribution in [-0.2, 0) is 5.54 Å². The minimum Gasteiger partial charge on any atom is -0.328 e. The summed E-state index contributed by atoms with van der Waals surface area (Å²) in [5.74, 6) is 0. The van der Waals surface area contributed by atoms with E-state index in [1.165, 1.54) is 4.88 Å². The highest BCUT2D eigenvalue weighted by molar-refractivity contribution is 7.10. The highest BCUT2D eigenvalue weighted by Crippen LogP contribution is 2.32. The Morgan fingerprint density at radius 2 is 2.23 bits per heavy atom. The smallest absolute Gasteiger partial charge is 0.0669 e. The van der Waals surface area contributed by atoms with E-state index in [1.54, 1.807) is 11.3 Å². The molecule has 0 aliphatic rings. The van der Waals surface area contributed by atoms with Crippen molar-refractivity contribution in [2.45, 2.75) is 18.9 Å². The van der Waals surface area contributed by atoms with E-state index in [-0.39, 0.29) is 5.54 Å². The molecule has 2 nitrogen and oxygen atoms in total. The maximum Gasteiger partial charge on any atom is 0.0669 e. The average Bonchev–Trinajstić information content (AvgIpc) is 2.60. The molecule has 3 heteroatoms. The quantitative estimate of drug-likeness (QED) is 0.800. The number of rotatable bonds is 4. The molecule has 0 bridgehead atoms. The van der Waals surface area contributed by atoms with Crippen LogP contribution >= 0.6 is 11.3 Å². The summed E-state index contributed by atoms with van der Waals surface area (Å²) in [7, 11) is 4.19. The predicted molar refractivity (Wildman–Crippen MR) is 59.0 cm³/mol. The van der Waals surface area contributed by atoms with Crippen LogP contribution in [0, 0.1) is 0 Å². The summed E-state index contributed by atoms with van der Waals surface area (Å²) in [4.78, 5) is 3.58. The minimum atomic E-state index is 0.0359. The number of thiophene rings is 1. The number of nitrogens with two attached hydrogens (primary N) is 1. The Labute approximate surface area is 84.4 Å². The summed E-state index contributed by atoms with van der Waals surface area (Å²) in [6, 6.07) is 4.25. The summed E-state index contributed by atoms with van der Waals surface area (Å²) >= 11 is 1.79. The molecular weight excluding hydrogens is 180 g/mol. The summed E-state index contributed by atoms with van der Waals surface area (Å²) in [6.45, 7) is 2.86. The molecule has 0 aliphatic carbocycles. The van der Waals surface area contributed by atoms with Crippen molar-refractivity contribution in [3.63, 3.8) is 0 Å². The van der Waals surface area contributed by atoms with Gasteiger partial charge in [-0.15, -0.1) is 11.3 Å². The second-order valence-electron chi connectivity index (χ2n) is 3.46. The lowest BCUT2D eigenvalue weighted by Gasteiger charge is -2.37. The first kappa shape index (κ1) is 10.7. The van der Waals surface area contributed by atoms with Crippen molar-refractivity contribution in [3.8, 4) is 0 Å². The zero-order valence-corrected chi connectivity index (χ0v) is 9.40. The summed E-state index contributed by atoms with van der Waals surface area (Å²) in [5.41, 5.74) is 5.91. The van der Waals surface area contributed by atoms with Crippen LogP contribution < -0.4 is 5.73 Å². The molecule has 0 aromatic carbocycles. The van der Waals surface area contributed by atoms with Gasteiger partial charge in [0.25, 0.3) is 0 Å². The number of likely N-dealkylation sites (N-methyl/N-ethyl adjacent to an activating group) is 1. The molecule has 0 fully saturated rings. The average molecular weight is 198 g/mol. The van der Waals surface area contributed by atoms with Crippen LogP contribution in [0.2, 0.25) is 0 Å². The summed E-state index contributed by atoms with van der Waals surface area (Å²) in [5, 5.41) is 2.11. The first-order valence-corrected chi connectivity index (χ1v) is 5.47. The fourth-order valence-corrected chi connectivity index (χ4v) is 2.77. The molecule has 0 radical (unpaired) electrons. The maximum atomic E-state index is 5.88. The van der Waals surface area contributed by atoms with Crippen molar-refractivity contribution in [1.29, 1.82) is 0 Å². The van der Waals surface area contributed by atoms with Gasteiger partial charge in [0, 0.05) is 11.4 Å². The lowest BCUT2D eigenvalue weighted by Crippen LogP contribution is -2.46. The van der Waals surface area contributed by atoms with Gasteiger partial charge in [-0.2, -0.15) is 0 Å². The molecule has 2 N–H and O–H groups in total. The van der Waals surface area contributed by atoms with Crippen LogP contribution in [-0.4, -0.2) is 25.5 Å². The molecule has 13 heavy (non-hydrogen) atoms. The van der Waals surface area contributed by atoms with Gasteiger partial charge in [0.2, 0.25) is 0 Å². The van der Waals surface area contributed by atoms with E-state index in [0.717, 1.165) is 6.42 Å². The van der Waals surface area contributed by atoms with E-state index >= 15 is 0 Å². The summed E-state index contributed by atoms with van der Waals surface area (Å²) in [6.07, 6.45) is 1.05. The topological polar surface area (TPSA) is 29.3 Å². The van der Waals surface area contributed by atoms with Crippen LogP contribution in [0.5, 0.6) is 0 Å². The minimum absolute atomic E-state index is 0.0359. The van der Waals surface area contributed by atoms with Crippen molar-refractivity contribution in [3.05, 3.63) is 22.4 Å². The van der Waals surface area contributed by atoms with Gasteiger partial charge in [0.15, 0.2) is 0 Å². The van der Waals surface area contributed by atoms with Crippen molar-refractivity contribution in [2.24, 2.45) is 5.73 Å². The molecule has 0 amide bonds. The molecular formula is C10H18N2S. The van der Waals surface area contributed by atoms with Gasteiger partial charge in [-0.25, -0.2) is 0 Å². The third kappa shape index (κ3) is 1.77. The molecule has 1 aromatic heterocycles. The van der Waals surface area contributed by atoms with E-state index in [2.05, 4.69) is 43.4 Å². The Bertz CT molecular complexity index is 237. The van der Waals surface area contributed by atoms with Crippen LogP contribution in [0.4, 0.5) is 0 Å². The Morgan fingerprint density at radius 3 is 2.54 bits per heavy atom. The van der Waals surface area contributed by atoms with Crippen LogP contribution in [0.1, 0.15) is 18.2 Å². The number of hydrogen-bond donors (Lipinski definition) is 1. The Hall–Kier alpha value is -0.380. The van der Waals surface area contributed by atoms with Gasteiger partial charge < -0.3 is 5.73 Å². The van der Waals surface area contributed by atoms with E-state index in [0.29, 0.717) is 6.54 Å². The lowest BCUT2D eigenvalue weighted by atomic mass is 9.93. The molecule has 74 valence electrons. The zero-order chi connectivity index (χ0) is 9.90. The Morgan fingerprint density at radius 1 is 1.54 bits per heavy atom. The highest BCUT2D eigenvalue weighted by atomic mass is 32.1. The third-order valence-corrected chi connectivity index (χ3v) is 3.82. The van der Waals surface area contributed by atoms with Crippen LogP contribution in [0.15, 0.2) is 17.5 Å².